The molecule has 0 unspecified atom stereocenters. The molecule has 1 aliphatic carbocycles. The first kappa shape index (κ1) is 11.9. The lowest BCUT2D eigenvalue weighted by molar-refractivity contribution is -0.132. The Bertz CT molecular complexity index is 583. The SMILES string of the molecule is CN(C)C(=O)C1(c2nc(Cc3cn[nH]c3)no2)CC1. The lowest BCUT2D eigenvalue weighted by Gasteiger charge is -2.15. The Labute approximate surface area is 110 Å². The summed E-state index contributed by atoms with van der Waals surface area (Å²) in [5.41, 5.74) is 0.404. The van der Waals surface area contributed by atoms with E-state index in [1.165, 1.54) is 0 Å². The van der Waals surface area contributed by atoms with E-state index in [-0.39, 0.29) is 5.91 Å². The van der Waals surface area contributed by atoms with Crippen LogP contribution in [0.2, 0.25) is 0 Å². The lowest BCUT2D eigenvalue weighted by Crippen LogP contribution is -2.33. The summed E-state index contributed by atoms with van der Waals surface area (Å²) in [5.74, 6) is 1.05. The third-order valence-corrected chi connectivity index (χ3v) is 3.36. The topological polar surface area (TPSA) is 87.9 Å². The van der Waals surface area contributed by atoms with E-state index >= 15 is 0 Å². The van der Waals surface area contributed by atoms with Crippen molar-refractivity contribution in [3.8, 4) is 0 Å². The lowest BCUT2D eigenvalue weighted by atomic mass is 10.1. The molecule has 0 saturated heterocycles. The maximum Gasteiger partial charge on any atom is 0.242 e. The van der Waals surface area contributed by atoms with Gasteiger partial charge in [-0.05, 0) is 18.4 Å². The molecule has 1 aliphatic rings. The van der Waals surface area contributed by atoms with Crippen LogP contribution in [-0.4, -0.2) is 45.2 Å². The van der Waals surface area contributed by atoms with Crippen molar-refractivity contribution in [3.63, 3.8) is 0 Å². The molecule has 2 aromatic rings. The highest BCUT2D eigenvalue weighted by Gasteiger charge is 2.56. The molecule has 1 amide bonds. The zero-order valence-electron chi connectivity index (χ0n) is 10.9. The smallest absolute Gasteiger partial charge is 0.242 e. The summed E-state index contributed by atoms with van der Waals surface area (Å²) in [6.45, 7) is 0. The van der Waals surface area contributed by atoms with Gasteiger partial charge in [-0.25, -0.2) is 0 Å². The van der Waals surface area contributed by atoms with Gasteiger partial charge >= 0.3 is 0 Å². The van der Waals surface area contributed by atoms with Gasteiger partial charge in [-0.1, -0.05) is 5.16 Å². The first-order chi connectivity index (χ1) is 9.12. The van der Waals surface area contributed by atoms with E-state index in [2.05, 4.69) is 20.3 Å². The molecule has 0 atom stereocenters. The number of rotatable bonds is 4. The fraction of sp³-hybridized carbons (Fsp3) is 0.500. The number of nitrogens with one attached hydrogen (secondary N) is 1. The van der Waals surface area contributed by atoms with Gasteiger partial charge in [0.15, 0.2) is 5.82 Å². The first-order valence-electron chi connectivity index (χ1n) is 6.14. The van der Waals surface area contributed by atoms with E-state index in [9.17, 15) is 4.79 Å². The summed E-state index contributed by atoms with van der Waals surface area (Å²) in [5, 5.41) is 10.5. The molecule has 0 bridgehead atoms. The Morgan fingerprint density at radius 3 is 2.89 bits per heavy atom. The molecule has 0 radical (unpaired) electrons. The second-order valence-electron chi connectivity index (χ2n) is 5.08. The number of hydrogen-bond acceptors (Lipinski definition) is 5. The normalized spacial score (nSPS) is 16.3. The van der Waals surface area contributed by atoms with Gasteiger partial charge in [-0.2, -0.15) is 10.1 Å². The molecular weight excluding hydrogens is 246 g/mol. The Kier molecular flexibility index (Phi) is 2.62. The zero-order chi connectivity index (χ0) is 13.5. The van der Waals surface area contributed by atoms with Gasteiger partial charge in [0.1, 0.15) is 5.41 Å². The number of hydrogen-bond donors (Lipinski definition) is 1. The fourth-order valence-electron chi connectivity index (χ4n) is 2.15. The Morgan fingerprint density at radius 1 is 1.53 bits per heavy atom. The van der Waals surface area contributed by atoms with Crippen molar-refractivity contribution < 1.29 is 9.32 Å². The number of nitrogens with zero attached hydrogens (tertiary/aromatic N) is 4. The summed E-state index contributed by atoms with van der Waals surface area (Å²) in [6, 6.07) is 0. The maximum absolute atomic E-state index is 12.1. The molecule has 1 fully saturated rings. The summed E-state index contributed by atoms with van der Waals surface area (Å²) < 4.78 is 5.27. The van der Waals surface area contributed by atoms with Gasteiger partial charge in [-0.15, -0.1) is 0 Å². The fourth-order valence-corrected chi connectivity index (χ4v) is 2.15. The molecule has 19 heavy (non-hydrogen) atoms. The number of carbonyl (C=O) groups is 1. The van der Waals surface area contributed by atoms with Crippen LogP contribution in [0, 0.1) is 0 Å². The number of amides is 1. The Balaban J connectivity index is 1.80. The van der Waals surface area contributed by atoms with Crippen molar-refractivity contribution in [1.29, 1.82) is 0 Å². The predicted octanol–water partition coefficient (Wildman–Crippen LogP) is 0.503. The molecule has 100 valence electrons. The Morgan fingerprint density at radius 2 is 2.32 bits per heavy atom. The molecule has 7 nitrogen and oxygen atoms in total. The maximum atomic E-state index is 12.1. The van der Waals surface area contributed by atoms with Crippen molar-refractivity contribution in [2.24, 2.45) is 0 Å². The molecule has 1 N–H and O–H groups in total. The van der Waals surface area contributed by atoms with Crippen molar-refractivity contribution in [2.75, 3.05) is 14.1 Å². The third-order valence-electron chi connectivity index (χ3n) is 3.36. The summed E-state index contributed by atoms with van der Waals surface area (Å²) in [7, 11) is 3.48. The van der Waals surface area contributed by atoms with Crippen molar-refractivity contribution in [3.05, 3.63) is 29.7 Å². The molecule has 2 aromatic heterocycles. The average Bonchev–Trinajstić information content (AvgIpc) is 2.82. The van der Waals surface area contributed by atoms with Crippen LogP contribution in [0.1, 0.15) is 30.1 Å². The molecule has 0 aliphatic heterocycles. The van der Waals surface area contributed by atoms with Crippen LogP contribution >= 0.6 is 0 Å². The van der Waals surface area contributed by atoms with Crippen LogP contribution in [0.5, 0.6) is 0 Å². The minimum Gasteiger partial charge on any atom is -0.348 e. The van der Waals surface area contributed by atoms with Crippen LogP contribution in [0.4, 0.5) is 0 Å². The molecule has 0 aromatic carbocycles. The van der Waals surface area contributed by atoms with Gasteiger partial charge in [0, 0.05) is 26.7 Å². The van der Waals surface area contributed by atoms with Crippen LogP contribution in [0.3, 0.4) is 0 Å². The largest absolute Gasteiger partial charge is 0.348 e. The molecule has 2 heterocycles. The van der Waals surface area contributed by atoms with Crippen LogP contribution in [0.15, 0.2) is 16.9 Å². The molecular formula is C12H15N5O2. The van der Waals surface area contributed by atoms with E-state index in [0.717, 1.165) is 18.4 Å². The van der Waals surface area contributed by atoms with Crippen molar-refractivity contribution >= 4 is 5.91 Å². The van der Waals surface area contributed by atoms with E-state index in [1.807, 2.05) is 0 Å². The number of likely N-dealkylation sites (N-methyl/N-ethyl adjacent to an activating group) is 1. The highest BCUT2D eigenvalue weighted by molar-refractivity contribution is 5.89. The molecule has 3 rings (SSSR count). The summed E-state index contributed by atoms with van der Waals surface area (Å²) in [4.78, 5) is 18.1. The molecule has 0 spiro atoms. The zero-order valence-corrected chi connectivity index (χ0v) is 10.9. The van der Waals surface area contributed by atoms with Crippen molar-refractivity contribution in [1.82, 2.24) is 25.2 Å². The minimum atomic E-state index is -0.578. The monoisotopic (exact) mass is 261 g/mol. The summed E-state index contributed by atoms with van der Waals surface area (Å²) in [6.07, 6.45) is 5.60. The quantitative estimate of drug-likeness (QED) is 0.866. The number of aromatic amines is 1. The van der Waals surface area contributed by atoms with Gasteiger partial charge < -0.3 is 9.42 Å². The van der Waals surface area contributed by atoms with Gasteiger partial charge in [0.25, 0.3) is 0 Å². The Hall–Kier alpha value is -2.18. The second-order valence-corrected chi connectivity index (χ2v) is 5.08. The van der Waals surface area contributed by atoms with Gasteiger partial charge in [0.2, 0.25) is 11.8 Å². The second kappa shape index (κ2) is 4.18. The number of aromatic nitrogens is 4. The van der Waals surface area contributed by atoms with Gasteiger partial charge in [-0.3, -0.25) is 9.89 Å². The van der Waals surface area contributed by atoms with Crippen LogP contribution in [-0.2, 0) is 16.6 Å². The van der Waals surface area contributed by atoms with E-state index in [1.54, 1.807) is 31.4 Å². The van der Waals surface area contributed by atoms with Crippen molar-refractivity contribution in [2.45, 2.75) is 24.7 Å². The number of carbonyl (C=O) groups excluding carboxylic acids is 1. The van der Waals surface area contributed by atoms with E-state index in [4.69, 9.17) is 4.52 Å². The minimum absolute atomic E-state index is 0.0333. The van der Waals surface area contributed by atoms with Crippen LogP contribution < -0.4 is 0 Å². The predicted molar refractivity (Wildman–Crippen MR) is 65.3 cm³/mol. The standard InChI is InChI=1S/C12H15N5O2/c1-17(2)11(18)12(3-4-12)10-15-9(16-19-10)5-8-6-13-14-7-8/h6-7H,3-5H2,1-2H3,(H,13,14). The molecule has 7 heteroatoms. The van der Waals surface area contributed by atoms with Crippen LogP contribution in [0.25, 0.3) is 0 Å². The highest BCUT2D eigenvalue weighted by atomic mass is 16.5. The number of H-pyrrole nitrogens is 1. The molecule has 1 saturated carbocycles. The first-order valence-corrected chi connectivity index (χ1v) is 6.14. The van der Waals surface area contributed by atoms with E-state index < -0.39 is 5.41 Å². The highest BCUT2D eigenvalue weighted by Crippen LogP contribution is 2.48. The van der Waals surface area contributed by atoms with E-state index in [0.29, 0.717) is 18.1 Å². The summed E-state index contributed by atoms with van der Waals surface area (Å²) >= 11 is 0. The third kappa shape index (κ3) is 2.00. The average molecular weight is 261 g/mol. The van der Waals surface area contributed by atoms with Gasteiger partial charge in [0.05, 0.1) is 6.20 Å².